The maximum Gasteiger partial charge on any atom is 0.231 e. The molecule has 1 aromatic heterocycles. The van der Waals surface area contributed by atoms with Gasteiger partial charge in [-0.1, -0.05) is 19.3 Å². The summed E-state index contributed by atoms with van der Waals surface area (Å²) in [6, 6.07) is 0. The quantitative estimate of drug-likeness (QED) is 0.783. The van der Waals surface area contributed by atoms with Gasteiger partial charge in [0.2, 0.25) is 5.91 Å². The zero-order chi connectivity index (χ0) is 16.6. The second-order valence-corrected chi connectivity index (χ2v) is 9.45. The van der Waals surface area contributed by atoms with Gasteiger partial charge < -0.3 is 4.90 Å². The molecule has 2 aliphatic heterocycles. The Hall–Kier alpha value is -0.940. The van der Waals surface area contributed by atoms with Crippen molar-refractivity contribution in [2.45, 2.75) is 58.4 Å². The lowest BCUT2D eigenvalue weighted by molar-refractivity contribution is -0.167. The van der Waals surface area contributed by atoms with E-state index in [9.17, 15) is 4.79 Å². The van der Waals surface area contributed by atoms with E-state index < -0.39 is 0 Å². The highest BCUT2D eigenvalue weighted by molar-refractivity contribution is 7.11. The van der Waals surface area contributed by atoms with Crippen LogP contribution in [0.5, 0.6) is 0 Å². The first-order valence-electron chi connectivity index (χ1n) is 9.58. The minimum atomic E-state index is -0.0628. The molecule has 0 aromatic carbocycles. The first-order chi connectivity index (χ1) is 11.6. The minimum absolute atomic E-state index is 0.0628. The summed E-state index contributed by atoms with van der Waals surface area (Å²) >= 11 is 1.78. The fourth-order valence-electron chi connectivity index (χ4n) is 4.94. The number of rotatable bonds is 4. The van der Waals surface area contributed by atoms with Gasteiger partial charge >= 0.3 is 0 Å². The third-order valence-electron chi connectivity index (χ3n) is 6.14. The molecule has 24 heavy (non-hydrogen) atoms. The highest BCUT2D eigenvalue weighted by atomic mass is 32.1. The van der Waals surface area contributed by atoms with Crippen molar-refractivity contribution in [2.24, 2.45) is 11.3 Å². The molecule has 1 aliphatic carbocycles. The normalized spacial score (nSPS) is 29.2. The Morgan fingerprint density at radius 3 is 2.79 bits per heavy atom. The van der Waals surface area contributed by atoms with Gasteiger partial charge in [-0.05, 0) is 45.1 Å². The molecule has 0 radical (unpaired) electrons. The summed E-state index contributed by atoms with van der Waals surface area (Å²) < 4.78 is 0. The molecule has 132 valence electrons. The monoisotopic (exact) mass is 347 g/mol. The van der Waals surface area contributed by atoms with Crippen LogP contribution < -0.4 is 0 Å². The average molecular weight is 348 g/mol. The second-order valence-electron chi connectivity index (χ2n) is 8.13. The van der Waals surface area contributed by atoms with Crippen LogP contribution in [0.3, 0.4) is 0 Å². The molecule has 3 heterocycles. The molecule has 2 saturated heterocycles. The van der Waals surface area contributed by atoms with Crippen LogP contribution in [0.4, 0.5) is 0 Å². The summed E-state index contributed by atoms with van der Waals surface area (Å²) in [5.74, 6) is 1.21. The average Bonchev–Trinajstić information content (AvgIpc) is 3.00. The van der Waals surface area contributed by atoms with Crippen LogP contribution in [0.1, 0.15) is 54.8 Å². The third kappa shape index (κ3) is 3.25. The van der Waals surface area contributed by atoms with E-state index in [0.717, 1.165) is 56.5 Å². The Labute approximate surface area is 149 Å². The fraction of sp³-hybridized carbons (Fsp3) is 0.789. The lowest BCUT2D eigenvalue weighted by atomic mass is 9.71. The Bertz CT molecular complexity index is 595. The van der Waals surface area contributed by atoms with Gasteiger partial charge in [-0.15, -0.1) is 11.3 Å². The van der Waals surface area contributed by atoms with Crippen LogP contribution in [0.25, 0.3) is 0 Å². The maximum absolute atomic E-state index is 12.9. The highest BCUT2D eigenvalue weighted by Crippen LogP contribution is 2.42. The Balaban J connectivity index is 1.33. The lowest BCUT2D eigenvalue weighted by Gasteiger charge is -2.54. The van der Waals surface area contributed by atoms with Crippen LogP contribution in [0.2, 0.25) is 0 Å². The number of hydrogen-bond donors (Lipinski definition) is 0. The number of aromatic nitrogens is 1. The molecule has 3 fully saturated rings. The van der Waals surface area contributed by atoms with Gasteiger partial charge in [0.25, 0.3) is 0 Å². The van der Waals surface area contributed by atoms with Gasteiger partial charge in [-0.25, -0.2) is 4.98 Å². The van der Waals surface area contributed by atoms with Gasteiger partial charge in [-0.2, -0.15) is 0 Å². The summed E-state index contributed by atoms with van der Waals surface area (Å²) in [7, 11) is 0. The maximum atomic E-state index is 12.9. The third-order valence-corrected chi connectivity index (χ3v) is 7.04. The van der Waals surface area contributed by atoms with E-state index in [1.165, 1.54) is 37.0 Å². The van der Waals surface area contributed by atoms with Crippen LogP contribution in [-0.4, -0.2) is 46.9 Å². The number of β-lactam (4-membered cyclic amide) rings is 1. The number of thiazole rings is 1. The Morgan fingerprint density at radius 2 is 2.08 bits per heavy atom. The SMILES string of the molecule is Cc1ncc(CN2CCC[C@]3(C2)CN(CC2CCCCC2)C3=O)s1. The van der Waals surface area contributed by atoms with Gasteiger partial charge in [0.05, 0.1) is 10.4 Å². The molecule has 1 amide bonds. The zero-order valence-corrected chi connectivity index (χ0v) is 15.6. The molecular formula is C19H29N3OS. The Morgan fingerprint density at radius 1 is 1.25 bits per heavy atom. The summed E-state index contributed by atoms with van der Waals surface area (Å²) in [5.41, 5.74) is -0.0628. The fourth-order valence-corrected chi connectivity index (χ4v) is 5.78. The van der Waals surface area contributed by atoms with Crippen molar-refractivity contribution in [3.05, 3.63) is 16.1 Å². The number of likely N-dealkylation sites (tertiary alicyclic amines) is 2. The number of piperidine rings is 1. The number of carbonyl (C=O) groups excluding carboxylic acids is 1. The highest BCUT2D eigenvalue weighted by Gasteiger charge is 2.53. The van der Waals surface area contributed by atoms with Gasteiger partial charge in [0.15, 0.2) is 0 Å². The summed E-state index contributed by atoms with van der Waals surface area (Å²) in [6.07, 6.45) is 11.0. The minimum Gasteiger partial charge on any atom is -0.341 e. The number of carbonyl (C=O) groups is 1. The molecule has 0 bridgehead atoms. The largest absolute Gasteiger partial charge is 0.341 e. The first kappa shape index (κ1) is 16.5. The topological polar surface area (TPSA) is 36.4 Å². The van der Waals surface area contributed by atoms with Gasteiger partial charge in [-0.3, -0.25) is 9.69 Å². The van der Waals surface area contributed by atoms with E-state index >= 15 is 0 Å². The predicted octanol–water partition coefficient (Wildman–Crippen LogP) is 3.46. The van der Waals surface area contributed by atoms with Crippen molar-refractivity contribution in [3.63, 3.8) is 0 Å². The molecule has 1 spiro atoms. The predicted molar refractivity (Wildman–Crippen MR) is 97.0 cm³/mol. The van der Waals surface area contributed by atoms with E-state index in [2.05, 4.69) is 21.7 Å². The summed E-state index contributed by atoms with van der Waals surface area (Å²) in [6.45, 7) is 7.11. The van der Waals surface area contributed by atoms with E-state index in [1.54, 1.807) is 11.3 Å². The summed E-state index contributed by atoms with van der Waals surface area (Å²) in [5, 5.41) is 1.13. The second kappa shape index (κ2) is 6.75. The van der Waals surface area contributed by atoms with Gasteiger partial charge in [0.1, 0.15) is 0 Å². The first-order valence-corrected chi connectivity index (χ1v) is 10.4. The number of hydrogen-bond acceptors (Lipinski definition) is 4. The number of nitrogens with zero attached hydrogens (tertiary/aromatic N) is 3. The molecule has 1 aromatic rings. The molecule has 4 nitrogen and oxygen atoms in total. The van der Waals surface area contributed by atoms with E-state index in [1.807, 2.05) is 6.20 Å². The number of aryl methyl sites for hydroxylation is 1. The van der Waals surface area contributed by atoms with Crippen LogP contribution in [-0.2, 0) is 11.3 Å². The van der Waals surface area contributed by atoms with Crippen molar-refractivity contribution < 1.29 is 4.79 Å². The standard InChI is InChI=1S/C19H29N3OS/c1-15-20-10-17(24-15)12-21-9-5-8-19(13-21)14-22(18(19)23)11-16-6-3-2-4-7-16/h10,16H,2-9,11-14H2,1H3/t19-/m0/s1. The van der Waals surface area contributed by atoms with E-state index in [-0.39, 0.29) is 5.41 Å². The van der Waals surface area contributed by atoms with Crippen molar-refractivity contribution in [2.75, 3.05) is 26.2 Å². The van der Waals surface area contributed by atoms with E-state index in [4.69, 9.17) is 0 Å². The van der Waals surface area contributed by atoms with Crippen LogP contribution >= 0.6 is 11.3 Å². The smallest absolute Gasteiger partial charge is 0.231 e. The van der Waals surface area contributed by atoms with E-state index in [0.29, 0.717) is 5.91 Å². The molecule has 0 N–H and O–H groups in total. The molecule has 3 aliphatic rings. The van der Waals surface area contributed by atoms with Crippen molar-refractivity contribution >= 4 is 17.2 Å². The molecule has 4 rings (SSSR count). The van der Waals surface area contributed by atoms with Crippen molar-refractivity contribution in [1.82, 2.24) is 14.8 Å². The lowest BCUT2D eigenvalue weighted by Crippen LogP contribution is -2.67. The van der Waals surface area contributed by atoms with Crippen LogP contribution in [0.15, 0.2) is 6.20 Å². The van der Waals surface area contributed by atoms with Gasteiger partial charge in [0, 0.05) is 37.3 Å². The molecule has 0 unspecified atom stereocenters. The molecule has 5 heteroatoms. The molecule has 1 saturated carbocycles. The van der Waals surface area contributed by atoms with Crippen LogP contribution in [0, 0.1) is 18.3 Å². The Kier molecular flexibility index (Phi) is 4.65. The van der Waals surface area contributed by atoms with Crippen molar-refractivity contribution in [3.8, 4) is 0 Å². The summed E-state index contributed by atoms with van der Waals surface area (Å²) in [4.78, 5) is 23.2. The molecule has 1 atom stereocenters. The zero-order valence-electron chi connectivity index (χ0n) is 14.8. The number of amides is 1. The molecular weight excluding hydrogens is 318 g/mol. The van der Waals surface area contributed by atoms with Crippen molar-refractivity contribution in [1.29, 1.82) is 0 Å².